The average molecular weight is 189 g/mol. The van der Waals surface area contributed by atoms with Gasteiger partial charge in [-0.15, -0.1) is 0 Å². The Balaban J connectivity index is 2.60. The number of nitrogens with zero attached hydrogens (tertiary/aromatic N) is 3. The Morgan fingerprint density at radius 2 is 2.36 bits per heavy atom. The largest absolute Gasteiger partial charge is 0.293 e. The number of Topliss-reactive ketones (excluding diaryl/α,β-unsaturated/α-hetero) is 1. The maximum atomic E-state index is 11.1. The molecule has 0 unspecified atom stereocenters. The van der Waals surface area contributed by atoms with E-state index in [1.165, 1.54) is 6.92 Å². The average Bonchev–Trinajstić information content (AvgIpc) is 2.59. The van der Waals surface area contributed by atoms with E-state index in [-0.39, 0.29) is 5.78 Å². The summed E-state index contributed by atoms with van der Waals surface area (Å²) in [5.74, 6) is -0.0338. The third-order valence-electron chi connectivity index (χ3n) is 2.14. The molecule has 0 atom stereocenters. The highest BCUT2D eigenvalue weighted by Crippen LogP contribution is 2.06. The topological polar surface area (TPSA) is 47.3 Å². The van der Waals surface area contributed by atoms with Gasteiger partial charge in [-0.3, -0.25) is 4.79 Å². The molecular weight excluding hydrogens is 178 g/mol. The molecule has 0 aliphatic heterocycles. The molecule has 0 fully saturated rings. The van der Waals surface area contributed by atoms with Gasteiger partial charge in [-0.2, -0.15) is 5.10 Å². The summed E-state index contributed by atoms with van der Waals surface area (Å²) in [6.45, 7) is 3.56. The lowest BCUT2D eigenvalue weighted by molar-refractivity contribution is 0.101. The molecule has 4 heteroatoms. The number of fused-ring (bicyclic) bond motifs is 1. The smallest absolute Gasteiger partial charge is 0.180 e. The minimum Gasteiger partial charge on any atom is -0.293 e. The van der Waals surface area contributed by atoms with Crippen molar-refractivity contribution >= 4 is 11.4 Å². The normalized spacial score (nSPS) is 10.7. The fourth-order valence-corrected chi connectivity index (χ4v) is 1.27. The summed E-state index contributed by atoms with van der Waals surface area (Å²) in [5, 5.41) is 4.13. The molecule has 2 aromatic rings. The predicted molar refractivity (Wildman–Crippen MR) is 52.4 cm³/mol. The molecule has 4 nitrogen and oxygen atoms in total. The number of hydrogen-bond donors (Lipinski definition) is 0. The van der Waals surface area contributed by atoms with Crippen LogP contribution in [0.4, 0.5) is 0 Å². The van der Waals surface area contributed by atoms with Gasteiger partial charge in [0.25, 0.3) is 0 Å². The molecule has 0 N–H and O–H groups in total. The molecule has 14 heavy (non-hydrogen) atoms. The van der Waals surface area contributed by atoms with Gasteiger partial charge in [-0.05, 0) is 12.0 Å². The van der Waals surface area contributed by atoms with Crippen molar-refractivity contribution in [1.82, 2.24) is 14.6 Å². The number of ketones is 1. The molecule has 0 bridgehead atoms. The van der Waals surface area contributed by atoms with Crippen LogP contribution in [-0.4, -0.2) is 20.4 Å². The number of aromatic nitrogens is 3. The van der Waals surface area contributed by atoms with Crippen LogP contribution in [0.3, 0.4) is 0 Å². The van der Waals surface area contributed by atoms with E-state index in [2.05, 4.69) is 17.0 Å². The summed E-state index contributed by atoms with van der Waals surface area (Å²) >= 11 is 0. The van der Waals surface area contributed by atoms with Crippen LogP contribution in [0.25, 0.3) is 5.65 Å². The van der Waals surface area contributed by atoms with E-state index >= 15 is 0 Å². The van der Waals surface area contributed by atoms with Crippen LogP contribution in [0.5, 0.6) is 0 Å². The van der Waals surface area contributed by atoms with Gasteiger partial charge in [0.1, 0.15) is 5.69 Å². The minimum absolute atomic E-state index is 0.0338. The molecule has 2 aromatic heterocycles. The third-order valence-corrected chi connectivity index (χ3v) is 2.14. The zero-order valence-corrected chi connectivity index (χ0v) is 8.19. The maximum absolute atomic E-state index is 11.1. The predicted octanol–water partition coefficient (Wildman–Crippen LogP) is 1.49. The molecule has 0 amide bonds. The van der Waals surface area contributed by atoms with Gasteiger partial charge >= 0.3 is 0 Å². The molecular formula is C10H11N3O. The van der Waals surface area contributed by atoms with Crippen LogP contribution in [0, 0.1) is 0 Å². The molecule has 0 saturated carbocycles. The van der Waals surface area contributed by atoms with Gasteiger partial charge in [0, 0.05) is 25.4 Å². The Hall–Kier alpha value is -1.71. The van der Waals surface area contributed by atoms with Gasteiger partial charge in [0.2, 0.25) is 0 Å². The first-order chi connectivity index (χ1) is 6.70. The second-order valence-electron chi connectivity index (χ2n) is 3.20. The van der Waals surface area contributed by atoms with Crippen molar-refractivity contribution < 1.29 is 4.79 Å². The standard InChI is InChI=1S/C10H11N3O/c1-3-8-5-11-10-4-9(7(2)14)12-13(10)6-8/h4-6H,3H2,1-2H3. The van der Waals surface area contributed by atoms with Crippen molar-refractivity contribution in [1.29, 1.82) is 0 Å². The molecule has 0 radical (unpaired) electrons. The number of hydrogen-bond acceptors (Lipinski definition) is 3. The fraction of sp³-hybridized carbons (Fsp3) is 0.300. The highest BCUT2D eigenvalue weighted by Gasteiger charge is 2.06. The second kappa shape index (κ2) is 3.21. The van der Waals surface area contributed by atoms with Crippen molar-refractivity contribution in [3.8, 4) is 0 Å². The summed E-state index contributed by atoms with van der Waals surface area (Å²) < 4.78 is 1.65. The quantitative estimate of drug-likeness (QED) is 0.672. The Morgan fingerprint density at radius 3 is 3.00 bits per heavy atom. The maximum Gasteiger partial charge on any atom is 0.180 e. The Bertz CT molecular complexity index is 487. The van der Waals surface area contributed by atoms with Gasteiger partial charge in [0.15, 0.2) is 11.4 Å². The van der Waals surface area contributed by atoms with Crippen LogP contribution in [0.15, 0.2) is 18.5 Å². The summed E-state index contributed by atoms with van der Waals surface area (Å²) in [4.78, 5) is 15.3. The zero-order valence-electron chi connectivity index (χ0n) is 8.19. The van der Waals surface area contributed by atoms with Crippen LogP contribution in [0.2, 0.25) is 0 Å². The first kappa shape index (κ1) is 8.87. The molecule has 0 aliphatic rings. The monoisotopic (exact) mass is 189 g/mol. The van der Waals surface area contributed by atoms with Crippen LogP contribution < -0.4 is 0 Å². The van der Waals surface area contributed by atoms with E-state index in [0.717, 1.165) is 12.0 Å². The van der Waals surface area contributed by atoms with E-state index in [0.29, 0.717) is 11.3 Å². The van der Waals surface area contributed by atoms with E-state index in [4.69, 9.17) is 0 Å². The van der Waals surface area contributed by atoms with Gasteiger partial charge in [-0.1, -0.05) is 6.92 Å². The van der Waals surface area contributed by atoms with Crippen molar-refractivity contribution in [3.05, 3.63) is 29.7 Å². The number of aryl methyl sites for hydroxylation is 1. The zero-order chi connectivity index (χ0) is 10.1. The number of rotatable bonds is 2. The van der Waals surface area contributed by atoms with E-state index in [1.54, 1.807) is 16.8 Å². The molecule has 0 spiro atoms. The van der Waals surface area contributed by atoms with E-state index in [1.807, 2.05) is 6.20 Å². The summed E-state index contributed by atoms with van der Waals surface area (Å²) in [5.41, 5.74) is 2.29. The van der Waals surface area contributed by atoms with Crippen LogP contribution >= 0.6 is 0 Å². The Kier molecular flexibility index (Phi) is 2.04. The minimum atomic E-state index is -0.0338. The molecule has 0 aliphatic carbocycles. The number of carbonyl (C=O) groups excluding carboxylic acids is 1. The van der Waals surface area contributed by atoms with Crippen molar-refractivity contribution in [3.63, 3.8) is 0 Å². The second-order valence-corrected chi connectivity index (χ2v) is 3.20. The van der Waals surface area contributed by atoms with Crippen molar-refractivity contribution in [2.24, 2.45) is 0 Å². The van der Waals surface area contributed by atoms with Gasteiger partial charge in [-0.25, -0.2) is 9.50 Å². The first-order valence-corrected chi connectivity index (χ1v) is 4.56. The highest BCUT2D eigenvalue weighted by atomic mass is 16.1. The number of carbonyl (C=O) groups is 1. The fourth-order valence-electron chi connectivity index (χ4n) is 1.27. The lowest BCUT2D eigenvalue weighted by Crippen LogP contribution is -1.95. The SMILES string of the molecule is CCc1cnc2cc(C(C)=O)nn2c1. The molecule has 0 aromatic carbocycles. The van der Waals surface area contributed by atoms with Crippen LogP contribution in [0.1, 0.15) is 29.9 Å². The lowest BCUT2D eigenvalue weighted by Gasteiger charge is -1.95. The summed E-state index contributed by atoms with van der Waals surface area (Å²) in [7, 11) is 0. The van der Waals surface area contributed by atoms with E-state index in [9.17, 15) is 4.79 Å². The lowest BCUT2D eigenvalue weighted by atomic mass is 10.3. The first-order valence-electron chi connectivity index (χ1n) is 4.56. The van der Waals surface area contributed by atoms with E-state index < -0.39 is 0 Å². The highest BCUT2D eigenvalue weighted by molar-refractivity contribution is 5.93. The Morgan fingerprint density at radius 1 is 1.57 bits per heavy atom. The summed E-state index contributed by atoms with van der Waals surface area (Å²) in [6, 6.07) is 1.70. The molecule has 0 saturated heterocycles. The van der Waals surface area contributed by atoms with Crippen molar-refractivity contribution in [2.75, 3.05) is 0 Å². The Labute approximate surface area is 81.6 Å². The van der Waals surface area contributed by atoms with Gasteiger partial charge < -0.3 is 0 Å². The van der Waals surface area contributed by atoms with Crippen molar-refractivity contribution in [2.45, 2.75) is 20.3 Å². The van der Waals surface area contributed by atoms with Gasteiger partial charge in [0.05, 0.1) is 0 Å². The summed E-state index contributed by atoms with van der Waals surface area (Å²) in [6.07, 6.45) is 4.62. The molecule has 2 rings (SSSR count). The molecule has 72 valence electrons. The third kappa shape index (κ3) is 1.39. The van der Waals surface area contributed by atoms with Crippen LogP contribution in [-0.2, 0) is 6.42 Å². The molecule has 2 heterocycles.